The normalized spacial score (nSPS) is 14.7. The second-order valence-electron chi connectivity index (χ2n) is 19.9. The molecule has 0 saturated heterocycles. The van der Waals surface area contributed by atoms with Gasteiger partial charge in [-0.3, -0.25) is 4.57 Å². The van der Waals surface area contributed by atoms with E-state index in [4.69, 9.17) is 17.9 Å². The number of rotatable bonds is 8. The molecule has 5 nitrogen and oxygen atoms in total. The Hall–Kier alpha value is -7.37. The average molecular weight is 883 g/mol. The van der Waals surface area contributed by atoms with Crippen LogP contribution in [0.15, 0.2) is 170 Å². The molecule has 1 aliphatic heterocycles. The van der Waals surface area contributed by atoms with Gasteiger partial charge in [0.15, 0.2) is 0 Å². The molecule has 0 atom stereocenters. The van der Waals surface area contributed by atoms with Crippen LogP contribution in [0.2, 0.25) is 0 Å². The van der Waals surface area contributed by atoms with E-state index < -0.39 is 13.7 Å². The predicted octanol–water partition coefficient (Wildman–Crippen LogP) is 16.6. The Morgan fingerprint density at radius 3 is 1.87 bits per heavy atom. The standard InChI is InChI=1S/C62H60N4O/c1-40-30-47(61(5,6)7)31-41(2)59(40)45-26-27-63-58(36-45)66-56-23-17-15-21-53(56)54-25-24-50(38-57(54)66)67-51-35-46(60-42(3)32-48(33-43(60)4)62(8,9)10)34-49(37-51)64-28-29-65(39-64)55-22-16-14-20-52(55)44-18-12-11-13-19-44/h11-38H,39H2,1-10H3/i1D3,3D3. The number of ether oxygens (including phenoxy) is 1. The second kappa shape index (κ2) is 16.8. The van der Waals surface area contributed by atoms with Crippen molar-refractivity contribution < 1.29 is 13.0 Å². The van der Waals surface area contributed by atoms with Gasteiger partial charge in [0.05, 0.1) is 23.4 Å². The number of anilines is 2. The molecule has 0 N–H and O–H groups in total. The zero-order chi connectivity index (χ0) is 51.8. The first-order chi connectivity index (χ1) is 34.5. The highest BCUT2D eigenvalue weighted by Crippen LogP contribution is 2.42. The second-order valence-corrected chi connectivity index (χ2v) is 19.9. The number of aromatic nitrogens is 2. The van der Waals surface area contributed by atoms with Gasteiger partial charge in [-0.1, -0.05) is 133 Å². The fraction of sp³-hybridized carbons (Fsp3) is 0.210. The first-order valence-electron chi connectivity index (χ1n) is 26.0. The van der Waals surface area contributed by atoms with Crippen LogP contribution in [0.4, 0.5) is 11.4 Å². The topological polar surface area (TPSA) is 33.5 Å². The van der Waals surface area contributed by atoms with E-state index in [1.807, 2.05) is 92.7 Å². The van der Waals surface area contributed by atoms with Crippen LogP contribution >= 0.6 is 0 Å². The smallest absolute Gasteiger partial charge is 0.138 e. The molecular formula is C62H60N4O. The third-order valence-electron chi connectivity index (χ3n) is 13.1. The van der Waals surface area contributed by atoms with Gasteiger partial charge in [-0.05, 0) is 148 Å². The van der Waals surface area contributed by atoms with Gasteiger partial charge in [0, 0.05) is 61.0 Å². The highest BCUT2D eigenvalue weighted by Gasteiger charge is 2.24. The minimum atomic E-state index is -2.39. The van der Waals surface area contributed by atoms with Gasteiger partial charge in [0.2, 0.25) is 0 Å². The van der Waals surface area contributed by atoms with Crippen LogP contribution in [0.1, 0.15) is 83.1 Å². The minimum absolute atomic E-state index is 0.238. The number of aryl methyl sites for hydroxylation is 4. The Kier molecular flexibility index (Phi) is 9.23. The summed E-state index contributed by atoms with van der Waals surface area (Å²) >= 11 is 0. The van der Waals surface area contributed by atoms with Crippen LogP contribution < -0.4 is 14.5 Å². The monoisotopic (exact) mass is 883 g/mol. The largest absolute Gasteiger partial charge is 0.457 e. The molecular weight excluding hydrogens is 817 g/mol. The molecule has 0 aliphatic carbocycles. The van der Waals surface area contributed by atoms with Gasteiger partial charge >= 0.3 is 0 Å². The fourth-order valence-electron chi connectivity index (χ4n) is 9.58. The predicted molar refractivity (Wildman–Crippen MR) is 283 cm³/mol. The summed E-state index contributed by atoms with van der Waals surface area (Å²) in [5.41, 5.74) is 12.5. The molecule has 3 heterocycles. The van der Waals surface area contributed by atoms with Gasteiger partial charge in [0.1, 0.15) is 17.3 Å². The lowest BCUT2D eigenvalue weighted by molar-refractivity contribution is 0.483. The molecule has 7 aromatic carbocycles. The van der Waals surface area contributed by atoms with Gasteiger partial charge in [-0.2, -0.15) is 0 Å². The van der Waals surface area contributed by atoms with Crippen molar-refractivity contribution in [1.82, 2.24) is 9.55 Å². The maximum absolute atomic E-state index is 8.82. The van der Waals surface area contributed by atoms with Crippen LogP contribution in [-0.2, 0) is 10.8 Å². The Labute approximate surface area is 405 Å². The molecule has 67 heavy (non-hydrogen) atoms. The Morgan fingerprint density at radius 2 is 1.15 bits per heavy atom. The Morgan fingerprint density at radius 1 is 0.522 bits per heavy atom. The zero-order valence-electron chi connectivity index (χ0n) is 45.6. The first kappa shape index (κ1) is 36.8. The highest BCUT2D eigenvalue weighted by atomic mass is 16.5. The molecule has 0 unspecified atom stereocenters. The number of pyridine rings is 1. The highest BCUT2D eigenvalue weighted by molar-refractivity contribution is 6.09. The Bertz CT molecular complexity index is 3610. The summed E-state index contributed by atoms with van der Waals surface area (Å²) in [4.78, 5) is 9.30. The van der Waals surface area contributed by atoms with Crippen molar-refractivity contribution in [3.63, 3.8) is 0 Å². The maximum atomic E-state index is 8.82. The number of para-hydroxylation sites is 2. The first-order valence-corrected chi connectivity index (χ1v) is 23.0. The van der Waals surface area contributed by atoms with Crippen molar-refractivity contribution in [3.05, 3.63) is 204 Å². The quantitative estimate of drug-likeness (QED) is 0.152. The lowest BCUT2D eigenvalue weighted by Gasteiger charge is -2.25. The minimum Gasteiger partial charge on any atom is -0.457 e. The summed E-state index contributed by atoms with van der Waals surface area (Å²) < 4.78 is 61.5. The summed E-state index contributed by atoms with van der Waals surface area (Å²) in [6.07, 6.45) is 5.88. The zero-order valence-corrected chi connectivity index (χ0v) is 39.6. The molecule has 5 heteroatoms. The molecule has 9 aromatic rings. The lowest BCUT2D eigenvalue weighted by Crippen LogP contribution is -2.25. The summed E-state index contributed by atoms with van der Waals surface area (Å²) in [5, 5.41) is 2.02. The fourth-order valence-corrected chi connectivity index (χ4v) is 9.58. The molecule has 0 spiro atoms. The molecule has 334 valence electrons. The van der Waals surface area contributed by atoms with Gasteiger partial charge in [0.25, 0.3) is 0 Å². The third kappa shape index (κ3) is 8.29. The molecule has 1 aliphatic rings. The van der Waals surface area contributed by atoms with Gasteiger partial charge in [-0.15, -0.1) is 0 Å². The van der Waals surface area contributed by atoms with Crippen LogP contribution in [0, 0.1) is 27.6 Å². The maximum Gasteiger partial charge on any atom is 0.138 e. The molecule has 0 radical (unpaired) electrons. The van der Waals surface area contributed by atoms with Crippen LogP contribution in [0.25, 0.3) is 61.0 Å². The lowest BCUT2D eigenvalue weighted by atomic mass is 9.82. The number of hydrogen-bond donors (Lipinski definition) is 0. The van der Waals surface area contributed by atoms with Crippen molar-refractivity contribution >= 4 is 33.2 Å². The molecule has 0 fully saturated rings. The number of fused-ring (bicyclic) bond motifs is 3. The number of nitrogens with zero attached hydrogens (tertiary/aromatic N) is 4. The van der Waals surface area contributed by atoms with Crippen molar-refractivity contribution in [3.8, 4) is 50.7 Å². The molecule has 10 rings (SSSR count). The van der Waals surface area contributed by atoms with E-state index >= 15 is 0 Å². The van der Waals surface area contributed by atoms with Crippen molar-refractivity contribution in [1.29, 1.82) is 0 Å². The summed E-state index contributed by atoms with van der Waals surface area (Å²) in [6.45, 7) is 12.3. The van der Waals surface area contributed by atoms with E-state index in [9.17, 15) is 0 Å². The van der Waals surface area contributed by atoms with Gasteiger partial charge < -0.3 is 14.5 Å². The van der Waals surface area contributed by atoms with E-state index in [0.717, 1.165) is 77.7 Å². The summed E-state index contributed by atoms with van der Waals surface area (Å²) in [7, 11) is 0. The van der Waals surface area contributed by atoms with Crippen molar-refractivity contribution in [2.45, 2.75) is 79.9 Å². The average Bonchev–Trinajstić information content (AvgIpc) is 3.96. The van der Waals surface area contributed by atoms with Crippen LogP contribution in [0.3, 0.4) is 0 Å². The third-order valence-corrected chi connectivity index (χ3v) is 13.1. The van der Waals surface area contributed by atoms with Crippen molar-refractivity contribution in [2.24, 2.45) is 0 Å². The van der Waals surface area contributed by atoms with E-state index in [0.29, 0.717) is 46.2 Å². The number of benzene rings is 7. The van der Waals surface area contributed by atoms with Crippen molar-refractivity contribution in [2.75, 3.05) is 16.5 Å². The van der Waals surface area contributed by atoms with Crippen LogP contribution in [-0.4, -0.2) is 16.2 Å². The SMILES string of the molecule is [2H]C([2H])([2H])c1cc(C(C)(C)C)cc(C)c1-c1cc(Oc2ccc3c4ccccc4n(-c4cc(-c5c(C)cc(C(C)(C)C)cc5C([2H])([2H])[2H])ccn4)c3c2)cc(N2C=CN(c3ccccc3-c3ccccc3)C2)c1. The van der Waals surface area contributed by atoms with Crippen LogP contribution in [0.5, 0.6) is 11.5 Å². The summed E-state index contributed by atoms with van der Waals surface area (Å²) in [5.74, 6) is 1.74. The van der Waals surface area contributed by atoms with E-state index in [1.165, 1.54) is 0 Å². The summed E-state index contributed by atoms with van der Waals surface area (Å²) in [6, 6.07) is 50.8. The number of hydrogen-bond acceptors (Lipinski definition) is 4. The van der Waals surface area contributed by atoms with Gasteiger partial charge in [-0.25, -0.2) is 4.98 Å². The van der Waals surface area contributed by atoms with E-state index in [1.54, 1.807) is 6.20 Å². The molecule has 0 amide bonds. The molecule has 0 saturated carbocycles. The molecule has 2 aromatic heterocycles. The van der Waals surface area contributed by atoms with E-state index in [-0.39, 0.29) is 10.8 Å². The Balaban J connectivity index is 1.10. The molecule has 0 bridgehead atoms. The van der Waals surface area contributed by atoms with E-state index in [2.05, 4.69) is 141 Å².